The second-order valence-corrected chi connectivity index (χ2v) is 6.83. The number of pyridine rings is 1. The molecule has 1 aromatic heterocycles. The van der Waals surface area contributed by atoms with Gasteiger partial charge in [0.1, 0.15) is 11.6 Å². The largest absolute Gasteiger partial charge is 0.465 e. The summed E-state index contributed by atoms with van der Waals surface area (Å²) in [6.07, 6.45) is 2.16. The van der Waals surface area contributed by atoms with Gasteiger partial charge in [-0.3, -0.25) is 4.79 Å². The Balaban J connectivity index is 1.48. The summed E-state index contributed by atoms with van der Waals surface area (Å²) in [6.45, 7) is 2.00. The number of aromatic nitrogens is 1. The van der Waals surface area contributed by atoms with Crippen LogP contribution in [0.3, 0.4) is 0 Å². The van der Waals surface area contributed by atoms with E-state index in [2.05, 4.69) is 15.6 Å². The van der Waals surface area contributed by atoms with Gasteiger partial charge in [0, 0.05) is 37.9 Å². The van der Waals surface area contributed by atoms with Crippen molar-refractivity contribution >= 4 is 17.8 Å². The molecule has 2 aromatic rings. The number of benzene rings is 1. The average Bonchev–Trinajstić information content (AvgIpc) is 2.72. The first-order valence-corrected chi connectivity index (χ1v) is 9.21. The Kier molecular flexibility index (Phi) is 6.41. The van der Waals surface area contributed by atoms with Gasteiger partial charge in [-0.15, -0.1) is 0 Å². The van der Waals surface area contributed by atoms with Gasteiger partial charge in [0.2, 0.25) is 0 Å². The van der Waals surface area contributed by atoms with Crippen molar-refractivity contribution in [2.24, 2.45) is 5.92 Å². The number of anilines is 1. The maximum Gasteiger partial charge on any atom is 0.407 e. The monoisotopic (exact) mass is 386 g/mol. The summed E-state index contributed by atoms with van der Waals surface area (Å²) in [4.78, 5) is 28.9. The molecule has 2 heterocycles. The Morgan fingerprint density at radius 1 is 1.18 bits per heavy atom. The molecule has 1 aliphatic heterocycles. The molecule has 0 atom stereocenters. The summed E-state index contributed by atoms with van der Waals surface area (Å²) in [5.41, 5.74) is 1.41. The van der Waals surface area contributed by atoms with Crippen LogP contribution in [0.25, 0.3) is 0 Å². The summed E-state index contributed by atoms with van der Waals surface area (Å²) in [6, 6.07) is 9.49. The van der Waals surface area contributed by atoms with Crippen molar-refractivity contribution in [3.05, 3.63) is 59.5 Å². The van der Waals surface area contributed by atoms with Gasteiger partial charge in [-0.25, -0.2) is 14.2 Å². The van der Waals surface area contributed by atoms with Crippen LogP contribution in [0.15, 0.2) is 42.6 Å². The van der Waals surface area contributed by atoms with Gasteiger partial charge >= 0.3 is 6.09 Å². The highest BCUT2D eigenvalue weighted by molar-refractivity contribution is 5.94. The molecule has 8 heteroatoms. The van der Waals surface area contributed by atoms with Crippen LogP contribution in [0.2, 0.25) is 0 Å². The van der Waals surface area contributed by atoms with E-state index in [-0.39, 0.29) is 17.6 Å². The van der Waals surface area contributed by atoms with E-state index in [1.54, 1.807) is 30.5 Å². The van der Waals surface area contributed by atoms with Crippen LogP contribution in [-0.2, 0) is 6.54 Å². The van der Waals surface area contributed by atoms with Crippen molar-refractivity contribution in [2.45, 2.75) is 19.4 Å². The van der Waals surface area contributed by atoms with Crippen LogP contribution in [0, 0.1) is 11.7 Å². The predicted octanol–water partition coefficient (Wildman–Crippen LogP) is 2.95. The van der Waals surface area contributed by atoms with Crippen molar-refractivity contribution in [3.63, 3.8) is 0 Å². The quantitative estimate of drug-likeness (QED) is 0.710. The first-order valence-electron chi connectivity index (χ1n) is 9.21. The molecule has 3 N–H and O–H groups in total. The second kappa shape index (κ2) is 9.16. The molecule has 0 saturated carbocycles. The van der Waals surface area contributed by atoms with E-state index in [1.165, 1.54) is 17.0 Å². The molecule has 0 unspecified atom stereocenters. The average molecular weight is 386 g/mol. The normalized spacial score (nSPS) is 14.5. The van der Waals surface area contributed by atoms with E-state index in [0.717, 1.165) is 18.4 Å². The summed E-state index contributed by atoms with van der Waals surface area (Å²) in [5, 5.41) is 15.0. The topological polar surface area (TPSA) is 94.6 Å². The summed E-state index contributed by atoms with van der Waals surface area (Å²) in [5.74, 6) is 0.367. The molecule has 3 rings (SSSR count). The smallest absolute Gasteiger partial charge is 0.407 e. The lowest BCUT2D eigenvalue weighted by Gasteiger charge is -2.29. The first kappa shape index (κ1) is 19.6. The third-order valence-corrected chi connectivity index (χ3v) is 4.85. The number of piperidine rings is 1. The molecule has 1 saturated heterocycles. The Hall–Kier alpha value is -3.16. The predicted molar refractivity (Wildman–Crippen MR) is 103 cm³/mol. The van der Waals surface area contributed by atoms with E-state index in [0.29, 0.717) is 37.6 Å². The fourth-order valence-electron chi connectivity index (χ4n) is 3.13. The molecule has 0 radical (unpaired) electrons. The molecule has 1 fully saturated rings. The second-order valence-electron chi connectivity index (χ2n) is 6.83. The van der Waals surface area contributed by atoms with Gasteiger partial charge in [-0.2, -0.15) is 0 Å². The Morgan fingerprint density at radius 2 is 1.89 bits per heavy atom. The lowest BCUT2D eigenvalue weighted by atomic mass is 9.97. The standard InChI is InChI=1S/C20H23FN4O3/c21-17-3-1-14(2-4-17)12-23-18-11-16(5-8-22-18)19(26)24-13-15-6-9-25(10-7-15)20(27)28/h1-5,8,11,15H,6-7,9-10,12-13H2,(H,22,23)(H,24,26)(H,27,28). The lowest BCUT2D eigenvalue weighted by molar-refractivity contribution is 0.0928. The number of nitrogens with one attached hydrogen (secondary N) is 2. The molecule has 28 heavy (non-hydrogen) atoms. The minimum Gasteiger partial charge on any atom is -0.465 e. The van der Waals surface area contributed by atoms with Gasteiger partial charge in [-0.05, 0) is 48.6 Å². The van der Waals surface area contributed by atoms with Gasteiger partial charge in [-0.1, -0.05) is 12.1 Å². The van der Waals surface area contributed by atoms with Crippen LogP contribution in [0.5, 0.6) is 0 Å². The number of carbonyl (C=O) groups is 2. The summed E-state index contributed by atoms with van der Waals surface area (Å²) in [7, 11) is 0. The van der Waals surface area contributed by atoms with Crippen molar-refractivity contribution in [1.29, 1.82) is 0 Å². The van der Waals surface area contributed by atoms with Crippen LogP contribution in [0.1, 0.15) is 28.8 Å². The van der Waals surface area contributed by atoms with Gasteiger partial charge in [0.05, 0.1) is 0 Å². The number of amides is 2. The van der Waals surface area contributed by atoms with Crippen LogP contribution >= 0.6 is 0 Å². The van der Waals surface area contributed by atoms with E-state index < -0.39 is 6.09 Å². The molecule has 0 aliphatic carbocycles. The third-order valence-electron chi connectivity index (χ3n) is 4.85. The van der Waals surface area contributed by atoms with Crippen molar-refractivity contribution < 1.29 is 19.1 Å². The van der Waals surface area contributed by atoms with Gasteiger partial charge in [0.15, 0.2) is 0 Å². The molecular weight excluding hydrogens is 363 g/mol. The highest BCUT2D eigenvalue weighted by atomic mass is 19.1. The van der Waals surface area contributed by atoms with E-state index in [4.69, 9.17) is 5.11 Å². The minimum absolute atomic E-state index is 0.187. The number of likely N-dealkylation sites (tertiary alicyclic amines) is 1. The summed E-state index contributed by atoms with van der Waals surface area (Å²) >= 11 is 0. The third kappa shape index (κ3) is 5.42. The number of carbonyl (C=O) groups excluding carboxylic acids is 1. The Bertz CT molecular complexity index is 820. The zero-order valence-electron chi connectivity index (χ0n) is 15.4. The van der Waals surface area contributed by atoms with Crippen molar-refractivity contribution in [3.8, 4) is 0 Å². The maximum absolute atomic E-state index is 12.9. The van der Waals surface area contributed by atoms with E-state index in [9.17, 15) is 14.0 Å². The highest BCUT2D eigenvalue weighted by Gasteiger charge is 2.22. The lowest BCUT2D eigenvalue weighted by Crippen LogP contribution is -2.40. The molecule has 1 aromatic carbocycles. The summed E-state index contributed by atoms with van der Waals surface area (Å²) < 4.78 is 12.9. The Morgan fingerprint density at radius 3 is 2.57 bits per heavy atom. The maximum atomic E-state index is 12.9. The van der Waals surface area contributed by atoms with Gasteiger partial charge in [0.25, 0.3) is 5.91 Å². The van der Waals surface area contributed by atoms with E-state index >= 15 is 0 Å². The van der Waals surface area contributed by atoms with Crippen molar-refractivity contribution in [1.82, 2.24) is 15.2 Å². The SMILES string of the molecule is O=C(NCC1CCN(C(=O)O)CC1)c1ccnc(NCc2ccc(F)cc2)c1. The number of carboxylic acid groups (broad SMARTS) is 1. The molecule has 7 nitrogen and oxygen atoms in total. The van der Waals surface area contributed by atoms with Crippen LogP contribution in [-0.4, -0.2) is 46.6 Å². The number of rotatable bonds is 6. The van der Waals surface area contributed by atoms with Crippen LogP contribution in [0.4, 0.5) is 15.0 Å². The minimum atomic E-state index is -0.889. The van der Waals surface area contributed by atoms with Gasteiger partial charge < -0.3 is 20.6 Å². The zero-order chi connectivity index (χ0) is 19.9. The van der Waals surface area contributed by atoms with E-state index in [1.807, 2.05) is 0 Å². The number of hydrogen-bond donors (Lipinski definition) is 3. The van der Waals surface area contributed by atoms with Crippen molar-refractivity contribution in [2.75, 3.05) is 25.0 Å². The fourth-order valence-corrected chi connectivity index (χ4v) is 3.13. The highest BCUT2D eigenvalue weighted by Crippen LogP contribution is 2.17. The molecule has 2 amide bonds. The number of halogens is 1. The number of hydrogen-bond acceptors (Lipinski definition) is 4. The molecule has 0 bridgehead atoms. The first-order chi connectivity index (χ1) is 13.5. The number of nitrogens with zero attached hydrogens (tertiary/aromatic N) is 2. The Labute approximate surface area is 162 Å². The molecule has 148 valence electrons. The fraction of sp³-hybridized carbons (Fsp3) is 0.350. The van der Waals surface area contributed by atoms with Crippen LogP contribution < -0.4 is 10.6 Å². The zero-order valence-corrected chi connectivity index (χ0v) is 15.4. The molecule has 1 aliphatic rings. The molecular formula is C20H23FN4O3. The molecule has 0 spiro atoms.